The standard InChI is InChI=1S/C5H10NOPS/c7-3-1-4-6(8)5(2-3)9-4/h3-5,7H,1-2,8H2. The van der Waals surface area contributed by atoms with Crippen LogP contribution in [0, 0.1) is 0 Å². The SMILES string of the molecule is OC1CC2SC(C1)N2P. The number of thioether (sulfide) groups is 1. The fourth-order valence-corrected chi connectivity index (χ4v) is 3.44. The first kappa shape index (κ1) is 6.41. The van der Waals surface area contributed by atoms with E-state index in [1.807, 2.05) is 11.8 Å². The fourth-order valence-electron chi connectivity index (χ4n) is 1.36. The molecular weight excluding hydrogens is 153 g/mol. The lowest BCUT2D eigenvalue weighted by Crippen LogP contribution is -2.52. The zero-order valence-electron chi connectivity index (χ0n) is 5.03. The van der Waals surface area contributed by atoms with Crippen molar-refractivity contribution in [2.45, 2.75) is 29.7 Å². The van der Waals surface area contributed by atoms with E-state index in [9.17, 15) is 5.11 Å². The average Bonchev–Trinajstić information content (AvgIpc) is 1.87. The predicted octanol–water partition coefficient (Wildman–Crippen LogP) is 0.632. The molecule has 0 saturated carbocycles. The summed E-state index contributed by atoms with van der Waals surface area (Å²) in [6.07, 6.45) is 1.87. The molecule has 3 rings (SSSR count). The second-order valence-electron chi connectivity index (χ2n) is 2.62. The molecule has 2 bridgehead atoms. The van der Waals surface area contributed by atoms with Gasteiger partial charge in [-0.05, 0) is 12.8 Å². The zero-order valence-corrected chi connectivity index (χ0v) is 7.00. The van der Waals surface area contributed by atoms with E-state index < -0.39 is 0 Å². The molecule has 0 spiro atoms. The normalized spacial score (nSPS) is 50.7. The van der Waals surface area contributed by atoms with Crippen LogP contribution >= 0.6 is 21.2 Å². The quantitative estimate of drug-likeness (QED) is 0.530. The minimum Gasteiger partial charge on any atom is -0.393 e. The third kappa shape index (κ3) is 0.911. The molecular formula is C5H10NOPS. The Hall–Kier alpha value is 0.700. The summed E-state index contributed by atoms with van der Waals surface area (Å²) in [4.78, 5) is 0. The van der Waals surface area contributed by atoms with Crippen molar-refractivity contribution in [1.82, 2.24) is 4.67 Å². The summed E-state index contributed by atoms with van der Waals surface area (Å²) in [5.41, 5.74) is 0. The molecule has 0 amide bonds. The largest absolute Gasteiger partial charge is 0.393 e. The van der Waals surface area contributed by atoms with Gasteiger partial charge in [-0.2, -0.15) is 0 Å². The average molecular weight is 163 g/mol. The van der Waals surface area contributed by atoms with Crippen molar-refractivity contribution in [3.8, 4) is 0 Å². The van der Waals surface area contributed by atoms with Crippen molar-refractivity contribution >= 4 is 21.2 Å². The zero-order chi connectivity index (χ0) is 6.43. The first-order chi connectivity index (χ1) is 4.27. The van der Waals surface area contributed by atoms with Crippen molar-refractivity contribution < 1.29 is 5.11 Å². The molecule has 2 nitrogen and oxygen atoms in total. The molecule has 0 aliphatic carbocycles. The van der Waals surface area contributed by atoms with Gasteiger partial charge in [0.25, 0.3) is 0 Å². The smallest absolute Gasteiger partial charge is 0.0640 e. The summed E-state index contributed by atoms with van der Waals surface area (Å²) >= 11 is 1.97. The van der Waals surface area contributed by atoms with Gasteiger partial charge in [0, 0.05) is 0 Å². The van der Waals surface area contributed by atoms with Crippen molar-refractivity contribution in [1.29, 1.82) is 0 Å². The number of fused-ring (bicyclic) bond motifs is 2. The molecule has 3 aliphatic rings. The van der Waals surface area contributed by atoms with Gasteiger partial charge in [0.05, 0.1) is 16.9 Å². The molecule has 3 fully saturated rings. The van der Waals surface area contributed by atoms with E-state index in [1.165, 1.54) is 0 Å². The van der Waals surface area contributed by atoms with Crippen LogP contribution in [0.4, 0.5) is 0 Å². The van der Waals surface area contributed by atoms with Crippen LogP contribution in [0.15, 0.2) is 0 Å². The van der Waals surface area contributed by atoms with Crippen LogP contribution in [-0.2, 0) is 0 Å². The number of hydrogen-bond donors (Lipinski definition) is 1. The van der Waals surface area contributed by atoms with E-state index >= 15 is 0 Å². The van der Waals surface area contributed by atoms with Gasteiger partial charge < -0.3 is 5.11 Å². The van der Waals surface area contributed by atoms with Crippen molar-refractivity contribution in [2.75, 3.05) is 0 Å². The molecule has 52 valence electrons. The first-order valence-electron chi connectivity index (χ1n) is 3.14. The highest BCUT2D eigenvalue weighted by Gasteiger charge is 2.43. The topological polar surface area (TPSA) is 23.5 Å². The Bertz CT molecular complexity index is 122. The lowest BCUT2D eigenvalue weighted by Gasteiger charge is -2.51. The van der Waals surface area contributed by atoms with Crippen LogP contribution in [-0.4, -0.2) is 26.6 Å². The van der Waals surface area contributed by atoms with Gasteiger partial charge in [-0.15, -0.1) is 11.8 Å². The molecule has 1 N–H and O–H groups in total. The van der Waals surface area contributed by atoms with Gasteiger partial charge >= 0.3 is 0 Å². The van der Waals surface area contributed by atoms with Crippen LogP contribution in [0.5, 0.6) is 0 Å². The molecule has 3 aliphatic heterocycles. The highest BCUT2D eigenvalue weighted by molar-refractivity contribution is 8.02. The molecule has 3 heterocycles. The van der Waals surface area contributed by atoms with E-state index in [0.29, 0.717) is 10.7 Å². The highest BCUT2D eigenvalue weighted by Crippen LogP contribution is 2.49. The van der Waals surface area contributed by atoms with Crippen LogP contribution < -0.4 is 0 Å². The van der Waals surface area contributed by atoms with Crippen molar-refractivity contribution in [3.63, 3.8) is 0 Å². The lowest BCUT2D eigenvalue weighted by molar-refractivity contribution is 0.0844. The molecule has 3 saturated heterocycles. The van der Waals surface area contributed by atoms with Crippen LogP contribution in [0.2, 0.25) is 0 Å². The monoisotopic (exact) mass is 163 g/mol. The Morgan fingerprint density at radius 3 is 2.33 bits per heavy atom. The number of hydrogen-bond acceptors (Lipinski definition) is 3. The molecule has 9 heavy (non-hydrogen) atoms. The molecule has 0 radical (unpaired) electrons. The number of nitrogens with zero attached hydrogens (tertiary/aromatic N) is 1. The van der Waals surface area contributed by atoms with Gasteiger partial charge in [0.1, 0.15) is 0 Å². The van der Waals surface area contributed by atoms with Crippen LogP contribution in [0.1, 0.15) is 12.8 Å². The molecule has 3 atom stereocenters. The highest BCUT2D eigenvalue weighted by atomic mass is 32.2. The Balaban J connectivity index is 2.01. The third-order valence-electron chi connectivity index (χ3n) is 1.93. The van der Waals surface area contributed by atoms with Crippen LogP contribution in [0.25, 0.3) is 0 Å². The van der Waals surface area contributed by atoms with E-state index in [0.717, 1.165) is 12.8 Å². The Morgan fingerprint density at radius 2 is 2.00 bits per heavy atom. The van der Waals surface area contributed by atoms with E-state index in [-0.39, 0.29) is 6.10 Å². The van der Waals surface area contributed by atoms with Gasteiger partial charge in [-0.1, -0.05) is 9.39 Å². The predicted molar refractivity (Wildman–Crippen MR) is 42.0 cm³/mol. The first-order valence-corrected chi connectivity index (χ1v) is 4.60. The summed E-state index contributed by atoms with van der Waals surface area (Å²) in [6.45, 7) is 0. The summed E-state index contributed by atoms with van der Waals surface area (Å²) in [7, 11) is 2.71. The number of aliphatic hydroxyl groups excluding tert-OH is 1. The van der Waals surface area contributed by atoms with Gasteiger partial charge in [0.15, 0.2) is 0 Å². The van der Waals surface area contributed by atoms with Crippen LogP contribution in [0.3, 0.4) is 0 Å². The Morgan fingerprint density at radius 1 is 1.44 bits per heavy atom. The summed E-state index contributed by atoms with van der Waals surface area (Å²) in [5.74, 6) is 0. The molecule has 4 heteroatoms. The maximum absolute atomic E-state index is 9.18. The maximum atomic E-state index is 9.18. The van der Waals surface area contributed by atoms with Gasteiger partial charge in [0.2, 0.25) is 0 Å². The van der Waals surface area contributed by atoms with Crippen molar-refractivity contribution in [3.05, 3.63) is 0 Å². The van der Waals surface area contributed by atoms with Gasteiger partial charge in [-0.3, -0.25) is 4.67 Å². The number of rotatable bonds is 0. The molecule has 0 aromatic carbocycles. The molecule has 3 unspecified atom stereocenters. The van der Waals surface area contributed by atoms with E-state index in [4.69, 9.17) is 0 Å². The second-order valence-corrected chi connectivity index (χ2v) is 4.57. The molecule has 0 aromatic rings. The van der Waals surface area contributed by atoms with Gasteiger partial charge in [-0.25, -0.2) is 0 Å². The number of aliphatic hydroxyl groups is 1. The van der Waals surface area contributed by atoms with E-state index in [2.05, 4.69) is 14.1 Å². The Labute approximate surface area is 61.3 Å². The minimum absolute atomic E-state index is 0.0296. The van der Waals surface area contributed by atoms with Crippen molar-refractivity contribution in [2.24, 2.45) is 0 Å². The molecule has 0 aromatic heterocycles. The minimum atomic E-state index is -0.0296. The summed E-state index contributed by atoms with van der Waals surface area (Å²) in [6, 6.07) is 0. The van der Waals surface area contributed by atoms with E-state index in [1.54, 1.807) is 0 Å². The Kier molecular flexibility index (Phi) is 1.49. The maximum Gasteiger partial charge on any atom is 0.0640 e. The summed E-state index contributed by atoms with van der Waals surface area (Å²) < 4.78 is 2.26. The summed E-state index contributed by atoms with van der Waals surface area (Å²) in [5, 5.41) is 10.4. The number of piperidine rings is 1. The lowest BCUT2D eigenvalue weighted by atomic mass is 10.1. The third-order valence-corrected chi connectivity index (χ3v) is 4.58. The fraction of sp³-hybridized carbons (Fsp3) is 1.00. The second kappa shape index (κ2) is 2.09.